The highest BCUT2D eigenvalue weighted by Gasteiger charge is 2.36. The lowest BCUT2D eigenvalue weighted by Gasteiger charge is -2.35. The zero-order valence-corrected chi connectivity index (χ0v) is 27.7. The minimum atomic E-state index is -4.35. The van der Waals surface area contributed by atoms with Crippen LogP contribution in [-0.4, -0.2) is 50.4 Å². The van der Waals surface area contributed by atoms with E-state index < -0.39 is 45.8 Å². The molecule has 0 radical (unpaired) electrons. The number of nitrogens with one attached hydrogen (secondary N) is 1. The van der Waals surface area contributed by atoms with Crippen molar-refractivity contribution in [3.63, 3.8) is 0 Å². The Labute approximate surface area is 274 Å². The highest BCUT2D eigenvalue weighted by atomic mass is 35.5. The number of sulfonamides is 1. The molecule has 0 aliphatic carbocycles. The quantitative estimate of drug-likeness (QED) is 0.193. The van der Waals surface area contributed by atoms with Gasteiger partial charge in [0.1, 0.15) is 24.2 Å². The first-order valence-corrected chi connectivity index (χ1v) is 16.4. The molecule has 4 rings (SSSR count). The van der Waals surface area contributed by atoms with Crippen molar-refractivity contribution in [2.45, 2.75) is 50.2 Å². The first kappa shape index (κ1) is 34.5. The second-order valence-corrected chi connectivity index (χ2v) is 14.0. The Kier molecular flexibility index (Phi) is 11.1. The molecule has 0 bridgehead atoms. The predicted octanol–water partition coefficient (Wildman–Crippen LogP) is 6.24. The predicted molar refractivity (Wildman–Crippen MR) is 178 cm³/mol. The van der Waals surface area contributed by atoms with Crippen molar-refractivity contribution in [3.05, 3.63) is 125 Å². The van der Waals surface area contributed by atoms with E-state index in [1.165, 1.54) is 60.5 Å². The summed E-state index contributed by atoms with van der Waals surface area (Å²) in [6.07, 6.45) is 0.140. The van der Waals surface area contributed by atoms with Gasteiger partial charge in [0, 0.05) is 23.5 Å². The maximum atomic E-state index is 14.6. The van der Waals surface area contributed by atoms with Crippen LogP contribution in [0.2, 0.25) is 5.02 Å². The molecule has 242 valence electrons. The molecule has 8 nitrogen and oxygen atoms in total. The molecule has 0 aliphatic rings. The van der Waals surface area contributed by atoms with Gasteiger partial charge in [0.2, 0.25) is 11.8 Å². The van der Waals surface area contributed by atoms with Crippen molar-refractivity contribution in [2.24, 2.45) is 0 Å². The van der Waals surface area contributed by atoms with Gasteiger partial charge in [0.05, 0.1) is 17.7 Å². The van der Waals surface area contributed by atoms with Gasteiger partial charge >= 0.3 is 0 Å². The van der Waals surface area contributed by atoms with Crippen molar-refractivity contribution >= 4 is 39.1 Å². The minimum Gasteiger partial charge on any atom is -0.495 e. The maximum Gasteiger partial charge on any atom is 0.264 e. The smallest absolute Gasteiger partial charge is 0.264 e. The Balaban J connectivity index is 1.85. The molecule has 1 atom stereocenters. The summed E-state index contributed by atoms with van der Waals surface area (Å²) in [5.74, 6) is -1.38. The van der Waals surface area contributed by atoms with Crippen LogP contribution in [0.4, 0.5) is 10.1 Å². The largest absolute Gasteiger partial charge is 0.495 e. The second kappa shape index (κ2) is 14.8. The average molecular weight is 666 g/mol. The summed E-state index contributed by atoms with van der Waals surface area (Å²) in [5, 5.41) is 3.20. The Morgan fingerprint density at radius 2 is 1.50 bits per heavy atom. The summed E-state index contributed by atoms with van der Waals surface area (Å²) in [5.41, 5.74) is 0.758. The number of nitrogens with zero attached hydrogens (tertiary/aromatic N) is 2. The molecule has 0 saturated carbocycles. The summed E-state index contributed by atoms with van der Waals surface area (Å²) in [7, 11) is -2.96. The van der Waals surface area contributed by atoms with Crippen LogP contribution < -0.4 is 14.4 Å². The third-order valence-electron chi connectivity index (χ3n) is 7.06. The van der Waals surface area contributed by atoms with Gasteiger partial charge in [-0.15, -0.1) is 0 Å². The lowest BCUT2D eigenvalue weighted by Crippen LogP contribution is -2.56. The zero-order chi connectivity index (χ0) is 33.5. The van der Waals surface area contributed by atoms with Crippen molar-refractivity contribution < 1.29 is 27.1 Å². The molecule has 4 aromatic carbocycles. The number of carbonyl (C=O) groups excluding carboxylic acids is 2. The molecule has 1 N–H and O–H groups in total. The van der Waals surface area contributed by atoms with Gasteiger partial charge in [0.25, 0.3) is 10.0 Å². The molecule has 0 aliphatic heterocycles. The van der Waals surface area contributed by atoms with Crippen molar-refractivity contribution in [1.82, 2.24) is 10.2 Å². The number of hydrogen-bond acceptors (Lipinski definition) is 5. The van der Waals surface area contributed by atoms with E-state index in [9.17, 15) is 22.4 Å². The molecular formula is C35H37ClFN3O5S. The number of anilines is 1. The molecule has 0 heterocycles. The third kappa shape index (κ3) is 8.86. The summed E-state index contributed by atoms with van der Waals surface area (Å²) in [6, 6.07) is 25.9. The Hall–Kier alpha value is -4.41. The zero-order valence-electron chi connectivity index (χ0n) is 26.1. The highest BCUT2D eigenvalue weighted by Crippen LogP contribution is 2.35. The Morgan fingerprint density at radius 1 is 0.891 bits per heavy atom. The van der Waals surface area contributed by atoms with Crippen molar-refractivity contribution in [3.8, 4) is 5.75 Å². The summed E-state index contributed by atoms with van der Waals surface area (Å²) in [4.78, 5) is 29.8. The number of methoxy groups -OCH3 is 1. The maximum absolute atomic E-state index is 14.6. The molecule has 0 spiro atoms. The van der Waals surface area contributed by atoms with E-state index >= 15 is 0 Å². The van der Waals surface area contributed by atoms with Crippen LogP contribution in [0, 0.1) is 5.82 Å². The van der Waals surface area contributed by atoms with E-state index in [0.717, 1.165) is 9.87 Å². The number of ether oxygens (including phenoxy) is 1. The molecule has 11 heteroatoms. The molecule has 0 aromatic heterocycles. The van der Waals surface area contributed by atoms with Crippen LogP contribution in [0.5, 0.6) is 5.75 Å². The fraction of sp³-hybridized carbons (Fsp3) is 0.257. The Bertz CT molecular complexity index is 1750. The van der Waals surface area contributed by atoms with Crippen LogP contribution in [0.1, 0.15) is 31.9 Å². The van der Waals surface area contributed by atoms with Gasteiger partial charge in [-0.25, -0.2) is 12.8 Å². The number of carbonyl (C=O) groups is 2. The highest BCUT2D eigenvalue weighted by molar-refractivity contribution is 7.92. The second-order valence-electron chi connectivity index (χ2n) is 11.7. The fourth-order valence-electron chi connectivity index (χ4n) is 4.88. The molecule has 46 heavy (non-hydrogen) atoms. The van der Waals surface area contributed by atoms with Gasteiger partial charge in [0.15, 0.2) is 0 Å². The first-order valence-electron chi connectivity index (χ1n) is 14.6. The van der Waals surface area contributed by atoms with Crippen molar-refractivity contribution in [2.75, 3.05) is 18.0 Å². The van der Waals surface area contributed by atoms with Crippen molar-refractivity contribution in [1.29, 1.82) is 0 Å². The normalized spacial score (nSPS) is 12.2. The number of amides is 2. The van der Waals surface area contributed by atoms with Gasteiger partial charge in [-0.3, -0.25) is 13.9 Å². The number of hydrogen-bond donors (Lipinski definition) is 1. The first-order chi connectivity index (χ1) is 21.8. The SMILES string of the molecule is COc1ccc(Cl)cc1N(CC(=O)N(Cc1ccc(F)cc1)[C@@H](Cc1ccccc1)C(=O)NC(C)(C)C)S(=O)(=O)c1ccccc1. The van der Waals surface area contributed by atoms with Crippen LogP contribution >= 0.6 is 11.6 Å². The molecule has 4 aromatic rings. The van der Waals surface area contributed by atoms with E-state index in [0.29, 0.717) is 5.56 Å². The molecule has 2 amide bonds. The summed E-state index contributed by atoms with van der Waals surface area (Å²) >= 11 is 6.32. The van der Waals surface area contributed by atoms with Crippen LogP contribution in [0.25, 0.3) is 0 Å². The monoisotopic (exact) mass is 665 g/mol. The van der Waals surface area contributed by atoms with Crippen LogP contribution in [-0.2, 0) is 32.6 Å². The fourth-order valence-corrected chi connectivity index (χ4v) is 6.49. The topological polar surface area (TPSA) is 96.0 Å². The van der Waals surface area contributed by atoms with Gasteiger partial charge < -0.3 is 15.0 Å². The number of halogens is 2. The van der Waals surface area contributed by atoms with Gasteiger partial charge in [-0.1, -0.05) is 72.3 Å². The third-order valence-corrected chi connectivity index (χ3v) is 9.06. The molecule has 0 saturated heterocycles. The number of rotatable bonds is 12. The average Bonchev–Trinajstić information content (AvgIpc) is 3.02. The number of benzene rings is 4. The van der Waals surface area contributed by atoms with Gasteiger partial charge in [-0.05, 0) is 74.4 Å². The van der Waals surface area contributed by atoms with E-state index in [-0.39, 0.29) is 34.3 Å². The lowest BCUT2D eigenvalue weighted by atomic mass is 10.0. The standard InChI is InChI=1S/C35H37ClFN3O5S/c1-35(2,3)38-34(42)31(21-25-11-7-5-8-12-25)39(23-26-15-18-28(37)19-16-26)33(41)24-40(30-22-27(36)17-20-32(30)45-4)46(43,44)29-13-9-6-10-14-29/h5-20,22,31H,21,23-24H2,1-4H3,(H,38,42)/t31-/m0/s1. The van der Waals surface area contributed by atoms with E-state index in [4.69, 9.17) is 16.3 Å². The summed E-state index contributed by atoms with van der Waals surface area (Å²) in [6.45, 7) is 4.70. The summed E-state index contributed by atoms with van der Waals surface area (Å²) < 4.78 is 48.7. The molecule has 0 fully saturated rings. The molecule has 0 unspecified atom stereocenters. The minimum absolute atomic E-state index is 0.0488. The van der Waals surface area contributed by atoms with E-state index in [2.05, 4.69) is 5.32 Å². The van der Waals surface area contributed by atoms with E-state index in [1.54, 1.807) is 24.3 Å². The van der Waals surface area contributed by atoms with Crippen LogP contribution in [0.15, 0.2) is 108 Å². The van der Waals surface area contributed by atoms with Gasteiger partial charge in [-0.2, -0.15) is 0 Å². The lowest BCUT2D eigenvalue weighted by molar-refractivity contribution is -0.140. The Morgan fingerprint density at radius 3 is 2.09 bits per heavy atom. The molecular weight excluding hydrogens is 629 g/mol. The van der Waals surface area contributed by atoms with E-state index in [1.807, 2.05) is 51.1 Å². The van der Waals surface area contributed by atoms with Crippen LogP contribution in [0.3, 0.4) is 0 Å².